The van der Waals surface area contributed by atoms with Gasteiger partial charge in [0.25, 0.3) is 0 Å². The van der Waals surface area contributed by atoms with E-state index < -0.39 is 23.7 Å². The third-order valence-corrected chi connectivity index (χ3v) is 6.29. The van der Waals surface area contributed by atoms with Crippen LogP contribution in [0.4, 0.5) is 35.9 Å². The molecule has 0 spiro atoms. The van der Waals surface area contributed by atoms with Gasteiger partial charge in [0.2, 0.25) is 0 Å². The number of piperidine rings is 1. The Morgan fingerprint density at radius 2 is 1.40 bits per heavy atom. The second kappa shape index (κ2) is 14.2. The fraction of sp³-hybridized carbons (Fsp3) is 0.259. The van der Waals surface area contributed by atoms with E-state index in [1.165, 1.54) is 36.4 Å². The van der Waals surface area contributed by atoms with Gasteiger partial charge in [-0.05, 0) is 74.0 Å². The Labute approximate surface area is 241 Å². The van der Waals surface area contributed by atoms with Crippen LogP contribution in [0.15, 0.2) is 60.7 Å². The van der Waals surface area contributed by atoms with Crippen LogP contribution in [0.2, 0.25) is 0 Å². The van der Waals surface area contributed by atoms with Gasteiger partial charge >= 0.3 is 18.1 Å². The van der Waals surface area contributed by atoms with Gasteiger partial charge in [0.1, 0.15) is 0 Å². The number of carboxylic acids is 2. The highest BCUT2D eigenvalue weighted by atomic mass is 35.5. The van der Waals surface area contributed by atoms with E-state index in [-0.39, 0.29) is 58.7 Å². The van der Waals surface area contributed by atoms with Crippen LogP contribution >= 0.6 is 24.8 Å². The summed E-state index contributed by atoms with van der Waals surface area (Å²) in [6.07, 6.45) is -2.72. The second-order valence-corrected chi connectivity index (χ2v) is 8.95. The van der Waals surface area contributed by atoms with Crippen LogP contribution in [-0.2, 0) is 12.7 Å². The minimum absolute atomic E-state index is 0. The van der Waals surface area contributed by atoms with E-state index in [0.717, 1.165) is 43.6 Å². The fourth-order valence-electron chi connectivity index (χ4n) is 4.28. The molecule has 13 heteroatoms. The average Bonchev–Trinajstić information content (AvgIpc) is 2.89. The molecule has 216 valence electrons. The number of hydrogen-bond acceptors (Lipinski definition) is 6. The maximum absolute atomic E-state index is 13.5. The number of carbonyl (C=O) groups is 2. The Balaban J connectivity index is 0.00000280. The summed E-state index contributed by atoms with van der Waals surface area (Å²) in [6, 6.07) is 13.9. The number of halogens is 5. The van der Waals surface area contributed by atoms with Crippen LogP contribution in [-0.4, -0.2) is 41.3 Å². The number of aromatic carboxylic acids is 2. The van der Waals surface area contributed by atoms with Crippen LogP contribution < -0.4 is 21.3 Å². The average molecular weight is 601 g/mol. The summed E-state index contributed by atoms with van der Waals surface area (Å²) in [4.78, 5) is 23.7. The molecule has 0 aliphatic carbocycles. The zero-order valence-corrected chi connectivity index (χ0v) is 22.7. The molecular formula is C27H29Cl2F3N4O4. The molecule has 0 amide bonds. The second-order valence-electron chi connectivity index (χ2n) is 8.95. The molecule has 40 heavy (non-hydrogen) atoms. The first-order chi connectivity index (χ1) is 18.1. The highest BCUT2D eigenvalue weighted by molar-refractivity contribution is 5.98. The van der Waals surface area contributed by atoms with Crippen LogP contribution in [0.1, 0.15) is 44.7 Å². The smallest absolute Gasteiger partial charge is 0.416 e. The SMILES string of the molecule is Cl.Cl.O=C(O)c1ccccc1Nc1ccc(C(F)(F)F)cc1Nc1ccc(CNC2CCNCC2)cc1C(=O)O. The van der Waals surface area contributed by atoms with Gasteiger partial charge in [0.15, 0.2) is 0 Å². The predicted molar refractivity (Wildman–Crippen MR) is 152 cm³/mol. The highest BCUT2D eigenvalue weighted by Crippen LogP contribution is 2.37. The molecule has 1 saturated heterocycles. The molecular weight excluding hydrogens is 572 g/mol. The number of benzene rings is 3. The molecule has 4 rings (SSSR count). The molecule has 3 aromatic rings. The Bertz CT molecular complexity index is 1340. The third-order valence-electron chi connectivity index (χ3n) is 6.29. The molecule has 0 unspecified atom stereocenters. The van der Waals surface area contributed by atoms with Gasteiger partial charge in [-0.3, -0.25) is 0 Å². The van der Waals surface area contributed by atoms with Crippen molar-refractivity contribution >= 4 is 59.5 Å². The van der Waals surface area contributed by atoms with Gasteiger partial charge in [0.05, 0.1) is 39.4 Å². The summed E-state index contributed by atoms with van der Waals surface area (Å²) in [5, 5.41) is 31.7. The topological polar surface area (TPSA) is 123 Å². The number of para-hydroxylation sites is 1. The Hall–Kier alpha value is -3.51. The first kappa shape index (κ1) is 32.7. The lowest BCUT2D eigenvalue weighted by molar-refractivity contribution is -0.137. The van der Waals surface area contributed by atoms with Crippen molar-refractivity contribution < 1.29 is 33.0 Å². The first-order valence-corrected chi connectivity index (χ1v) is 12.0. The zero-order valence-electron chi connectivity index (χ0n) is 21.0. The van der Waals surface area contributed by atoms with E-state index in [2.05, 4.69) is 21.3 Å². The summed E-state index contributed by atoms with van der Waals surface area (Å²) in [5.41, 5.74) is -0.0690. The van der Waals surface area contributed by atoms with Crippen molar-refractivity contribution in [2.24, 2.45) is 0 Å². The van der Waals surface area contributed by atoms with Crippen molar-refractivity contribution in [3.8, 4) is 0 Å². The van der Waals surface area contributed by atoms with Crippen molar-refractivity contribution in [3.05, 3.63) is 82.9 Å². The Kier molecular flexibility index (Phi) is 11.6. The zero-order chi connectivity index (χ0) is 27.3. The van der Waals surface area contributed by atoms with Gasteiger partial charge in [-0.1, -0.05) is 18.2 Å². The predicted octanol–water partition coefficient (Wildman–Crippen LogP) is 6.27. The van der Waals surface area contributed by atoms with Gasteiger partial charge in [-0.15, -0.1) is 24.8 Å². The molecule has 0 radical (unpaired) electrons. The van der Waals surface area contributed by atoms with Gasteiger partial charge in [0, 0.05) is 12.6 Å². The van der Waals surface area contributed by atoms with Crippen molar-refractivity contribution in [2.75, 3.05) is 23.7 Å². The van der Waals surface area contributed by atoms with Crippen LogP contribution in [0.3, 0.4) is 0 Å². The normalized spacial score (nSPS) is 13.5. The number of nitrogens with one attached hydrogen (secondary N) is 4. The number of rotatable bonds is 9. The van der Waals surface area contributed by atoms with Crippen LogP contribution in [0, 0.1) is 0 Å². The molecule has 0 saturated carbocycles. The molecule has 1 aliphatic rings. The summed E-state index contributed by atoms with van der Waals surface area (Å²) < 4.78 is 40.5. The van der Waals surface area contributed by atoms with E-state index in [0.29, 0.717) is 12.6 Å². The van der Waals surface area contributed by atoms with Gasteiger partial charge < -0.3 is 31.5 Å². The molecule has 0 aromatic heterocycles. The highest BCUT2D eigenvalue weighted by Gasteiger charge is 2.31. The molecule has 1 aliphatic heterocycles. The first-order valence-electron chi connectivity index (χ1n) is 12.0. The van der Waals surface area contributed by atoms with Crippen molar-refractivity contribution in [1.29, 1.82) is 0 Å². The molecule has 0 atom stereocenters. The Morgan fingerprint density at radius 1 is 0.800 bits per heavy atom. The standard InChI is InChI=1S/C27H27F3N4O4.2ClH/c28-27(29,30)17-6-8-23(33-21-4-2-1-3-19(21)25(35)36)24(14-17)34-22-7-5-16(13-20(22)26(37)38)15-32-18-9-11-31-12-10-18;;/h1-8,13-14,18,31-34H,9-12,15H2,(H,35,36)(H,37,38);2*1H. The van der Waals surface area contributed by atoms with E-state index in [1.54, 1.807) is 12.1 Å². The summed E-state index contributed by atoms with van der Waals surface area (Å²) in [6.45, 7) is 2.27. The van der Waals surface area contributed by atoms with E-state index in [9.17, 15) is 33.0 Å². The van der Waals surface area contributed by atoms with Crippen LogP contribution in [0.5, 0.6) is 0 Å². The van der Waals surface area contributed by atoms with Crippen molar-refractivity contribution in [3.63, 3.8) is 0 Å². The minimum atomic E-state index is -4.65. The Morgan fingerprint density at radius 3 is 2.05 bits per heavy atom. The third kappa shape index (κ3) is 8.25. The van der Waals surface area contributed by atoms with Gasteiger partial charge in [-0.25, -0.2) is 9.59 Å². The molecule has 8 nitrogen and oxygen atoms in total. The lowest BCUT2D eigenvalue weighted by Crippen LogP contribution is -2.39. The lowest BCUT2D eigenvalue weighted by Gasteiger charge is -2.24. The minimum Gasteiger partial charge on any atom is -0.478 e. The van der Waals surface area contributed by atoms with E-state index >= 15 is 0 Å². The largest absolute Gasteiger partial charge is 0.478 e. The molecule has 0 bridgehead atoms. The number of alkyl halides is 3. The lowest BCUT2D eigenvalue weighted by atomic mass is 10.0. The maximum atomic E-state index is 13.5. The summed E-state index contributed by atoms with van der Waals surface area (Å²) in [5.74, 6) is -2.45. The monoisotopic (exact) mass is 600 g/mol. The van der Waals surface area contributed by atoms with Crippen molar-refractivity contribution in [1.82, 2.24) is 10.6 Å². The summed E-state index contributed by atoms with van der Waals surface area (Å²) >= 11 is 0. The molecule has 1 heterocycles. The van der Waals surface area contributed by atoms with Gasteiger partial charge in [-0.2, -0.15) is 13.2 Å². The quantitative estimate of drug-likeness (QED) is 0.170. The summed E-state index contributed by atoms with van der Waals surface area (Å²) in [7, 11) is 0. The van der Waals surface area contributed by atoms with Crippen molar-refractivity contribution in [2.45, 2.75) is 31.6 Å². The number of carboxylic acid groups (broad SMARTS) is 2. The van der Waals surface area contributed by atoms with Crippen LogP contribution in [0.25, 0.3) is 0 Å². The fourth-order valence-corrected chi connectivity index (χ4v) is 4.28. The number of anilines is 4. The maximum Gasteiger partial charge on any atom is 0.416 e. The van der Waals surface area contributed by atoms with E-state index in [4.69, 9.17) is 0 Å². The molecule has 1 fully saturated rings. The molecule has 3 aromatic carbocycles. The number of hydrogen-bond donors (Lipinski definition) is 6. The molecule has 6 N–H and O–H groups in total. The van der Waals surface area contributed by atoms with E-state index in [1.807, 2.05) is 0 Å².